The van der Waals surface area contributed by atoms with Crippen LogP contribution in [0.4, 0.5) is 10.2 Å². The third-order valence-electron chi connectivity index (χ3n) is 3.30. The molecule has 0 unspecified atom stereocenters. The van der Waals surface area contributed by atoms with Crippen molar-refractivity contribution in [3.05, 3.63) is 23.6 Å². The Morgan fingerprint density at radius 3 is 2.42 bits per heavy atom. The summed E-state index contributed by atoms with van der Waals surface area (Å²) >= 11 is 0. The molecule has 0 fully saturated rings. The van der Waals surface area contributed by atoms with Gasteiger partial charge in [-0.1, -0.05) is 27.7 Å². The summed E-state index contributed by atoms with van der Waals surface area (Å²) in [6.07, 6.45) is 3.24. The van der Waals surface area contributed by atoms with E-state index in [4.69, 9.17) is 0 Å². The van der Waals surface area contributed by atoms with E-state index in [0.29, 0.717) is 23.3 Å². The Kier molecular flexibility index (Phi) is 6.22. The van der Waals surface area contributed by atoms with E-state index in [0.717, 1.165) is 19.4 Å². The van der Waals surface area contributed by atoms with Crippen LogP contribution in [-0.4, -0.2) is 22.7 Å². The fourth-order valence-electron chi connectivity index (χ4n) is 2.38. The number of nitrogens with zero attached hydrogens (tertiary/aromatic N) is 2. The summed E-state index contributed by atoms with van der Waals surface area (Å²) < 4.78 is 13.2. The number of hydrogen-bond donors (Lipinski definition) is 1. The normalized spacial score (nSPS) is 11.4. The zero-order valence-corrected chi connectivity index (χ0v) is 12.4. The first-order valence-electron chi connectivity index (χ1n) is 7.05. The Hall–Kier alpha value is -1.16. The zero-order valence-electron chi connectivity index (χ0n) is 12.4. The summed E-state index contributed by atoms with van der Waals surface area (Å²) in [5, 5.41) is 9.42. The summed E-state index contributed by atoms with van der Waals surface area (Å²) in [5.41, 5.74) is 0.563. The van der Waals surface area contributed by atoms with Crippen LogP contribution in [0.1, 0.15) is 46.1 Å². The van der Waals surface area contributed by atoms with Gasteiger partial charge in [0.25, 0.3) is 0 Å². The molecular weight excluding hydrogens is 243 g/mol. The molecule has 0 aliphatic heterocycles. The van der Waals surface area contributed by atoms with E-state index >= 15 is 0 Å². The highest BCUT2D eigenvalue weighted by atomic mass is 19.1. The molecule has 0 saturated heterocycles. The van der Waals surface area contributed by atoms with Crippen LogP contribution in [0.25, 0.3) is 0 Å². The van der Waals surface area contributed by atoms with E-state index in [1.807, 2.05) is 0 Å². The molecule has 0 spiro atoms. The Morgan fingerprint density at radius 1 is 1.32 bits per heavy atom. The average Bonchev–Trinajstić information content (AvgIpc) is 2.38. The molecule has 0 radical (unpaired) electrons. The maximum absolute atomic E-state index is 13.2. The molecule has 1 rings (SSSR count). The van der Waals surface area contributed by atoms with Crippen molar-refractivity contribution in [2.24, 2.45) is 5.92 Å². The lowest BCUT2D eigenvalue weighted by molar-refractivity contribution is 0.280. The van der Waals surface area contributed by atoms with Crippen molar-refractivity contribution in [3.63, 3.8) is 0 Å². The van der Waals surface area contributed by atoms with E-state index in [9.17, 15) is 9.50 Å². The van der Waals surface area contributed by atoms with Crippen molar-refractivity contribution in [3.8, 4) is 0 Å². The van der Waals surface area contributed by atoms with Crippen LogP contribution in [0.2, 0.25) is 0 Å². The maximum atomic E-state index is 13.2. The monoisotopic (exact) mass is 268 g/mol. The van der Waals surface area contributed by atoms with Crippen LogP contribution in [0, 0.1) is 11.7 Å². The van der Waals surface area contributed by atoms with Gasteiger partial charge in [0.05, 0.1) is 12.8 Å². The third kappa shape index (κ3) is 4.16. The molecule has 1 N–H and O–H groups in total. The molecule has 0 atom stereocenters. The predicted octanol–water partition coefficient (Wildman–Crippen LogP) is 3.36. The molecule has 0 aliphatic carbocycles. The summed E-state index contributed by atoms with van der Waals surface area (Å²) in [7, 11) is 0. The molecule has 0 amide bonds. The number of hydrogen-bond acceptors (Lipinski definition) is 3. The van der Waals surface area contributed by atoms with Gasteiger partial charge in [-0.3, -0.25) is 0 Å². The number of halogens is 1. The van der Waals surface area contributed by atoms with Crippen molar-refractivity contribution in [1.82, 2.24) is 4.98 Å². The van der Waals surface area contributed by atoms with Gasteiger partial charge in [0, 0.05) is 18.2 Å². The first-order valence-corrected chi connectivity index (χ1v) is 7.05. The maximum Gasteiger partial charge on any atom is 0.142 e. The molecule has 3 nitrogen and oxygen atoms in total. The number of anilines is 1. The fourth-order valence-corrected chi connectivity index (χ4v) is 2.38. The van der Waals surface area contributed by atoms with Gasteiger partial charge >= 0.3 is 0 Å². The van der Waals surface area contributed by atoms with Crippen LogP contribution < -0.4 is 4.90 Å². The molecule has 19 heavy (non-hydrogen) atoms. The quantitative estimate of drug-likeness (QED) is 0.823. The molecule has 0 bridgehead atoms. The highest BCUT2D eigenvalue weighted by molar-refractivity contribution is 5.47. The standard InChI is InChI=1S/C15H25FN2O/c1-5-14(6-2)18(9-11(3)4)15-12(10-19)7-13(16)8-17-15/h7-8,11,14,19H,5-6,9-10H2,1-4H3. The van der Waals surface area contributed by atoms with E-state index in [1.165, 1.54) is 12.3 Å². The highest BCUT2D eigenvalue weighted by Gasteiger charge is 2.21. The lowest BCUT2D eigenvalue weighted by Gasteiger charge is -2.34. The van der Waals surface area contributed by atoms with Crippen molar-refractivity contribution in [2.45, 2.75) is 53.2 Å². The second kappa shape index (κ2) is 7.43. The van der Waals surface area contributed by atoms with Gasteiger partial charge < -0.3 is 10.0 Å². The van der Waals surface area contributed by atoms with E-state index in [2.05, 4.69) is 37.6 Å². The number of aliphatic hydroxyl groups excluding tert-OH is 1. The van der Waals surface area contributed by atoms with E-state index in [1.54, 1.807) is 0 Å². The van der Waals surface area contributed by atoms with Gasteiger partial charge in [-0.2, -0.15) is 0 Å². The molecule has 0 aromatic carbocycles. The first-order chi connectivity index (χ1) is 9.03. The molecule has 1 aromatic rings. The lowest BCUT2D eigenvalue weighted by atomic mass is 10.1. The van der Waals surface area contributed by atoms with Gasteiger partial charge in [-0.05, 0) is 24.8 Å². The molecule has 0 aliphatic rings. The molecule has 1 heterocycles. The molecule has 108 valence electrons. The van der Waals surface area contributed by atoms with Gasteiger partial charge in [0.15, 0.2) is 0 Å². The van der Waals surface area contributed by atoms with Crippen molar-refractivity contribution in [1.29, 1.82) is 0 Å². The Morgan fingerprint density at radius 2 is 1.95 bits per heavy atom. The summed E-state index contributed by atoms with van der Waals surface area (Å²) in [5.74, 6) is 0.798. The van der Waals surface area contributed by atoms with Crippen molar-refractivity contribution < 1.29 is 9.50 Å². The van der Waals surface area contributed by atoms with Crippen LogP contribution in [0.5, 0.6) is 0 Å². The van der Waals surface area contributed by atoms with Crippen molar-refractivity contribution >= 4 is 5.82 Å². The Balaban J connectivity index is 3.15. The minimum Gasteiger partial charge on any atom is -0.392 e. The number of aromatic nitrogens is 1. The molecule has 4 heteroatoms. The van der Waals surface area contributed by atoms with Gasteiger partial charge in [0.2, 0.25) is 0 Å². The van der Waals surface area contributed by atoms with Crippen molar-refractivity contribution in [2.75, 3.05) is 11.4 Å². The Bertz CT molecular complexity index is 392. The number of rotatable bonds is 7. The highest BCUT2D eigenvalue weighted by Crippen LogP contribution is 2.24. The van der Waals surface area contributed by atoms with Crippen LogP contribution >= 0.6 is 0 Å². The smallest absolute Gasteiger partial charge is 0.142 e. The van der Waals surface area contributed by atoms with E-state index < -0.39 is 5.82 Å². The topological polar surface area (TPSA) is 36.4 Å². The minimum atomic E-state index is -0.401. The third-order valence-corrected chi connectivity index (χ3v) is 3.30. The van der Waals surface area contributed by atoms with Crippen LogP contribution in [0.3, 0.4) is 0 Å². The second-order valence-corrected chi connectivity index (χ2v) is 5.31. The molecule has 1 aromatic heterocycles. The lowest BCUT2D eigenvalue weighted by Crippen LogP contribution is -2.38. The largest absolute Gasteiger partial charge is 0.392 e. The molecule has 0 saturated carbocycles. The van der Waals surface area contributed by atoms with Crippen LogP contribution in [-0.2, 0) is 6.61 Å². The summed E-state index contributed by atoms with van der Waals surface area (Å²) in [6.45, 7) is 9.26. The Labute approximate surface area is 115 Å². The fraction of sp³-hybridized carbons (Fsp3) is 0.667. The average molecular weight is 268 g/mol. The summed E-state index contributed by atoms with van der Waals surface area (Å²) in [6, 6.07) is 1.74. The van der Waals surface area contributed by atoms with E-state index in [-0.39, 0.29) is 6.61 Å². The SMILES string of the molecule is CCC(CC)N(CC(C)C)c1ncc(F)cc1CO. The van der Waals surface area contributed by atoms with Gasteiger partial charge in [-0.15, -0.1) is 0 Å². The minimum absolute atomic E-state index is 0.186. The summed E-state index contributed by atoms with van der Waals surface area (Å²) in [4.78, 5) is 6.41. The predicted molar refractivity (Wildman–Crippen MR) is 76.7 cm³/mol. The van der Waals surface area contributed by atoms with Crippen LogP contribution in [0.15, 0.2) is 12.3 Å². The number of pyridine rings is 1. The first kappa shape index (κ1) is 15.9. The zero-order chi connectivity index (χ0) is 14.4. The number of aliphatic hydroxyl groups is 1. The van der Waals surface area contributed by atoms with Gasteiger partial charge in [-0.25, -0.2) is 9.37 Å². The molecular formula is C15H25FN2O. The second-order valence-electron chi connectivity index (χ2n) is 5.31. The van der Waals surface area contributed by atoms with Gasteiger partial charge in [0.1, 0.15) is 11.6 Å².